The van der Waals surface area contributed by atoms with Crippen molar-refractivity contribution in [2.24, 2.45) is 0 Å². The van der Waals surface area contributed by atoms with Crippen molar-refractivity contribution in [3.05, 3.63) is 47.8 Å². The molecule has 1 aromatic carbocycles. The van der Waals surface area contributed by atoms with Crippen molar-refractivity contribution in [2.45, 2.75) is 25.7 Å². The van der Waals surface area contributed by atoms with Gasteiger partial charge in [0, 0.05) is 24.1 Å². The SMILES string of the molecule is CC(Cn1cccn1)Nc1ccc(C(F)(F)F)c(C#N)c1. The van der Waals surface area contributed by atoms with Gasteiger partial charge in [-0.1, -0.05) is 0 Å². The number of nitrogens with zero attached hydrogens (tertiary/aromatic N) is 3. The Bertz CT molecular complexity index is 641. The fourth-order valence-corrected chi connectivity index (χ4v) is 1.99. The predicted molar refractivity (Wildman–Crippen MR) is 71.5 cm³/mol. The molecule has 0 aliphatic carbocycles. The van der Waals surface area contributed by atoms with Gasteiger partial charge in [0.05, 0.1) is 23.7 Å². The zero-order valence-electron chi connectivity index (χ0n) is 11.2. The van der Waals surface area contributed by atoms with Gasteiger partial charge in [-0.25, -0.2) is 0 Å². The van der Waals surface area contributed by atoms with E-state index < -0.39 is 17.3 Å². The summed E-state index contributed by atoms with van der Waals surface area (Å²) in [6.07, 6.45) is -1.07. The van der Waals surface area contributed by atoms with Gasteiger partial charge in [0.1, 0.15) is 0 Å². The third kappa shape index (κ3) is 3.75. The summed E-state index contributed by atoms with van der Waals surface area (Å²) in [4.78, 5) is 0. The summed E-state index contributed by atoms with van der Waals surface area (Å²) in [7, 11) is 0. The first-order valence-corrected chi connectivity index (χ1v) is 6.25. The number of rotatable bonds is 4. The van der Waals surface area contributed by atoms with Gasteiger partial charge in [-0.05, 0) is 31.2 Å². The number of halogens is 3. The lowest BCUT2D eigenvalue weighted by molar-refractivity contribution is -0.137. The van der Waals surface area contributed by atoms with E-state index in [-0.39, 0.29) is 6.04 Å². The summed E-state index contributed by atoms with van der Waals surface area (Å²) < 4.78 is 39.8. The number of alkyl halides is 3. The van der Waals surface area contributed by atoms with Gasteiger partial charge in [-0.3, -0.25) is 4.68 Å². The molecule has 1 heterocycles. The molecule has 21 heavy (non-hydrogen) atoms. The minimum atomic E-state index is -4.52. The molecular formula is C14H13F3N4. The van der Waals surface area contributed by atoms with Crippen molar-refractivity contribution >= 4 is 5.69 Å². The van der Waals surface area contributed by atoms with Gasteiger partial charge in [0.2, 0.25) is 0 Å². The monoisotopic (exact) mass is 294 g/mol. The van der Waals surface area contributed by atoms with Crippen LogP contribution >= 0.6 is 0 Å². The third-order valence-electron chi connectivity index (χ3n) is 2.88. The second-order valence-electron chi connectivity index (χ2n) is 4.64. The highest BCUT2D eigenvalue weighted by Gasteiger charge is 2.33. The van der Waals surface area contributed by atoms with Crippen molar-refractivity contribution in [2.75, 3.05) is 5.32 Å². The lowest BCUT2D eigenvalue weighted by Gasteiger charge is -2.17. The molecule has 1 unspecified atom stereocenters. The van der Waals surface area contributed by atoms with E-state index in [2.05, 4.69) is 10.4 Å². The maximum absolute atomic E-state index is 12.7. The van der Waals surface area contributed by atoms with Crippen LogP contribution in [0.1, 0.15) is 18.1 Å². The average molecular weight is 294 g/mol. The number of aromatic nitrogens is 2. The molecule has 1 aromatic heterocycles. The largest absolute Gasteiger partial charge is 0.417 e. The first kappa shape index (κ1) is 14.9. The zero-order chi connectivity index (χ0) is 15.5. The number of hydrogen-bond acceptors (Lipinski definition) is 3. The summed E-state index contributed by atoms with van der Waals surface area (Å²) in [5.41, 5.74) is -0.840. The van der Waals surface area contributed by atoms with Gasteiger partial charge in [-0.2, -0.15) is 23.5 Å². The van der Waals surface area contributed by atoms with Crippen LogP contribution in [0.4, 0.5) is 18.9 Å². The smallest absolute Gasteiger partial charge is 0.381 e. The molecule has 0 spiro atoms. The number of hydrogen-bond donors (Lipinski definition) is 1. The van der Waals surface area contributed by atoms with E-state index in [1.807, 2.05) is 6.92 Å². The van der Waals surface area contributed by atoms with Crippen molar-refractivity contribution < 1.29 is 13.2 Å². The van der Waals surface area contributed by atoms with Crippen molar-refractivity contribution in [3.8, 4) is 6.07 Å². The van der Waals surface area contributed by atoms with E-state index >= 15 is 0 Å². The van der Waals surface area contributed by atoms with Crippen molar-refractivity contribution in [3.63, 3.8) is 0 Å². The molecule has 0 amide bonds. The maximum atomic E-state index is 12.7. The van der Waals surface area contributed by atoms with Crippen molar-refractivity contribution in [1.29, 1.82) is 5.26 Å². The summed E-state index contributed by atoms with van der Waals surface area (Å²) in [5.74, 6) is 0. The summed E-state index contributed by atoms with van der Waals surface area (Å²) in [6, 6.07) is 6.78. The van der Waals surface area contributed by atoms with Crippen LogP contribution in [0.25, 0.3) is 0 Å². The van der Waals surface area contributed by atoms with E-state index in [0.29, 0.717) is 12.2 Å². The van der Waals surface area contributed by atoms with E-state index in [1.165, 1.54) is 12.1 Å². The van der Waals surface area contributed by atoms with E-state index in [4.69, 9.17) is 5.26 Å². The second-order valence-corrected chi connectivity index (χ2v) is 4.64. The molecule has 0 bridgehead atoms. The molecule has 110 valence electrons. The molecular weight excluding hydrogens is 281 g/mol. The van der Waals surface area contributed by atoms with Crippen LogP contribution in [0.2, 0.25) is 0 Å². The normalized spacial score (nSPS) is 12.7. The first-order valence-electron chi connectivity index (χ1n) is 6.25. The van der Waals surface area contributed by atoms with Crippen LogP contribution in [-0.2, 0) is 12.7 Å². The Hall–Kier alpha value is -2.49. The Morgan fingerprint density at radius 3 is 2.76 bits per heavy atom. The van der Waals surface area contributed by atoms with Gasteiger partial charge in [0.15, 0.2) is 0 Å². The van der Waals surface area contributed by atoms with E-state index in [0.717, 1.165) is 6.07 Å². The van der Waals surface area contributed by atoms with Crippen LogP contribution in [-0.4, -0.2) is 15.8 Å². The molecule has 4 nitrogen and oxygen atoms in total. The van der Waals surface area contributed by atoms with Crippen LogP contribution in [0.3, 0.4) is 0 Å². The molecule has 2 aromatic rings. The molecule has 0 fully saturated rings. The van der Waals surface area contributed by atoms with Crippen LogP contribution < -0.4 is 5.32 Å². The minimum Gasteiger partial charge on any atom is -0.381 e. The van der Waals surface area contributed by atoms with Crippen molar-refractivity contribution in [1.82, 2.24) is 9.78 Å². The summed E-state index contributed by atoms with van der Waals surface area (Å²) >= 11 is 0. The molecule has 0 aliphatic heterocycles. The van der Waals surface area contributed by atoms with Gasteiger partial charge in [0.25, 0.3) is 0 Å². The lowest BCUT2D eigenvalue weighted by Crippen LogP contribution is -2.22. The van der Waals surface area contributed by atoms with Crippen LogP contribution in [0, 0.1) is 11.3 Å². The standard InChI is InChI=1S/C14H13F3N4/c1-10(9-21-6-2-5-19-21)20-12-3-4-13(14(15,16)17)11(7-12)8-18/h2-7,10,20H,9H2,1H3. The zero-order valence-corrected chi connectivity index (χ0v) is 11.2. The first-order chi connectivity index (χ1) is 9.90. The summed E-state index contributed by atoms with van der Waals surface area (Å²) in [5, 5.41) is 16.0. The predicted octanol–water partition coefficient (Wildman–Crippen LogP) is 3.27. The number of anilines is 1. The highest BCUT2D eigenvalue weighted by molar-refractivity contribution is 5.54. The Morgan fingerprint density at radius 1 is 1.43 bits per heavy atom. The fraction of sp³-hybridized carbons (Fsp3) is 0.286. The Balaban J connectivity index is 2.13. The van der Waals surface area contributed by atoms with E-state index in [1.54, 1.807) is 29.2 Å². The maximum Gasteiger partial charge on any atom is 0.417 e. The highest BCUT2D eigenvalue weighted by Crippen LogP contribution is 2.33. The molecule has 7 heteroatoms. The van der Waals surface area contributed by atoms with Gasteiger partial charge >= 0.3 is 6.18 Å². The molecule has 2 rings (SSSR count). The van der Waals surface area contributed by atoms with Gasteiger partial charge < -0.3 is 5.32 Å². The van der Waals surface area contributed by atoms with Gasteiger partial charge in [-0.15, -0.1) is 0 Å². The minimum absolute atomic E-state index is 0.0480. The Kier molecular flexibility index (Phi) is 4.17. The lowest BCUT2D eigenvalue weighted by atomic mass is 10.1. The number of nitriles is 1. The second kappa shape index (κ2) is 5.87. The Morgan fingerprint density at radius 2 is 2.19 bits per heavy atom. The highest BCUT2D eigenvalue weighted by atomic mass is 19.4. The van der Waals surface area contributed by atoms with E-state index in [9.17, 15) is 13.2 Å². The molecule has 0 radical (unpaired) electrons. The van der Waals surface area contributed by atoms with Crippen LogP contribution in [0.15, 0.2) is 36.7 Å². The average Bonchev–Trinajstić information content (AvgIpc) is 2.89. The molecule has 1 atom stereocenters. The topological polar surface area (TPSA) is 53.6 Å². The molecule has 1 N–H and O–H groups in total. The third-order valence-corrected chi connectivity index (χ3v) is 2.88. The Labute approximate surface area is 119 Å². The molecule has 0 saturated heterocycles. The number of nitrogens with one attached hydrogen (secondary N) is 1. The number of benzene rings is 1. The van der Waals surface area contributed by atoms with Crippen LogP contribution in [0.5, 0.6) is 0 Å². The fourth-order valence-electron chi connectivity index (χ4n) is 1.99. The molecule has 0 aliphatic rings. The summed E-state index contributed by atoms with van der Waals surface area (Å²) in [6.45, 7) is 2.45. The quantitative estimate of drug-likeness (QED) is 0.941. The molecule has 0 saturated carbocycles.